The summed E-state index contributed by atoms with van der Waals surface area (Å²) in [6.45, 7) is 5.57. The molecule has 0 fully saturated rings. The lowest BCUT2D eigenvalue weighted by Crippen LogP contribution is -2.48. The van der Waals surface area contributed by atoms with Crippen molar-refractivity contribution in [2.24, 2.45) is 0 Å². The molecule has 0 N–H and O–H groups in total. The van der Waals surface area contributed by atoms with E-state index in [0.717, 1.165) is 22.4 Å². The lowest BCUT2D eigenvalue weighted by molar-refractivity contribution is -0.114. The summed E-state index contributed by atoms with van der Waals surface area (Å²) in [5.41, 5.74) is 2.93. The standard InChI is InChI=1S/C20H17NO2/c1-3-18(22)21-13(2)20(16-10-6-7-11-17(16)21)12-14-8-4-5-9-15(14)19(20)23/h3-11,13H,1,12H2,2H3/t13-,20+/m0/s1. The first-order valence-corrected chi connectivity index (χ1v) is 7.79. The van der Waals surface area contributed by atoms with Gasteiger partial charge in [-0.05, 0) is 36.6 Å². The molecule has 114 valence electrons. The molecule has 2 aliphatic rings. The van der Waals surface area contributed by atoms with Crippen molar-refractivity contribution in [3.8, 4) is 0 Å². The molecule has 1 heterocycles. The van der Waals surface area contributed by atoms with Crippen LogP contribution in [0.4, 0.5) is 5.69 Å². The fraction of sp³-hybridized carbons (Fsp3) is 0.200. The molecule has 1 spiro atoms. The molecule has 1 amide bonds. The van der Waals surface area contributed by atoms with E-state index < -0.39 is 5.41 Å². The van der Waals surface area contributed by atoms with Gasteiger partial charge in [-0.3, -0.25) is 9.59 Å². The van der Waals surface area contributed by atoms with Gasteiger partial charge >= 0.3 is 0 Å². The van der Waals surface area contributed by atoms with Crippen LogP contribution in [0.1, 0.15) is 28.4 Å². The molecule has 3 nitrogen and oxygen atoms in total. The third-order valence-corrected chi connectivity index (χ3v) is 5.29. The van der Waals surface area contributed by atoms with E-state index in [1.807, 2.05) is 55.5 Å². The maximum Gasteiger partial charge on any atom is 0.250 e. The lowest BCUT2D eigenvalue weighted by atomic mass is 9.74. The number of nitrogens with zero attached hydrogens (tertiary/aromatic N) is 1. The van der Waals surface area contributed by atoms with Crippen LogP contribution >= 0.6 is 0 Å². The maximum absolute atomic E-state index is 13.3. The van der Waals surface area contributed by atoms with Crippen LogP contribution in [-0.4, -0.2) is 17.7 Å². The van der Waals surface area contributed by atoms with Crippen molar-refractivity contribution in [1.82, 2.24) is 0 Å². The van der Waals surface area contributed by atoms with E-state index in [2.05, 4.69) is 6.58 Å². The predicted octanol–water partition coefficient (Wildman–Crippen LogP) is 3.28. The summed E-state index contributed by atoms with van der Waals surface area (Å²) >= 11 is 0. The monoisotopic (exact) mass is 303 g/mol. The zero-order valence-electron chi connectivity index (χ0n) is 13.0. The van der Waals surface area contributed by atoms with Crippen LogP contribution in [0, 0.1) is 0 Å². The summed E-state index contributed by atoms with van der Waals surface area (Å²) in [5, 5.41) is 0. The van der Waals surface area contributed by atoms with Crippen molar-refractivity contribution < 1.29 is 9.59 Å². The summed E-state index contributed by atoms with van der Waals surface area (Å²) < 4.78 is 0. The first-order valence-electron chi connectivity index (χ1n) is 7.79. The first kappa shape index (κ1) is 13.9. The first-order chi connectivity index (χ1) is 11.1. The Hall–Kier alpha value is -2.68. The molecule has 0 saturated carbocycles. The molecule has 4 rings (SSSR count). The third-order valence-electron chi connectivity index (χ3n) is 5.29. The molecule has 1 aliphatic carbocycles. The molecule has 1 aliphatic heterocycles. The van der Waals surface area contributed by atoms with Crippen molar-refractivity contribution in [3.05, 3.63) is 77.9 Å². The summed E-state index contributed by atoms with van der Waals surface area (Å²) in [6, 6.07) is 15.3. The van der Waals surface area contributed by atoms with Crippen LogP contribution < -0.4 is 4.90 Å². The number of rotatable bonds is 1. The number of ketones is 1. The second-order valence-electron chi connectivity index (χ2n) is 6.24. The average molecular weight is 303 g/mol. The molecule has 0 bridgehead atoms. The van der Waals surface area contributed by atoms with Gasteiger partial charge in [0.2, 0.25) is 0 Å². The number of para-hydroxylation sites is 1. The highest BCUT2D eigenvalue weighted by Crippen LogP contribution is 2.52. The Bertz CT molecular complexity index is 854. The Morgan fingerprint density at radius 2 is 1.91 bits per heavy atom. The zero-order valence-corrected chi connectivity index (χ0v) is 13.0. The van der Waals surface area contributed by atoms with Crippen LogP contribution in [0.2, 0.25) is 0 Å². The number of hydrogen-bond acceptors (Lipinski definition) is 2. The molecule has 0 unspecified atom stereocenters. The van der Waals surface area contributed by atoms with Gasteiger partial charge in [0.15, 0.2) is 5.78 Å². The highest BCUT2D eigenvalue weighted by atomic mass is 16.2. The third kappa shape index (κ3) is 1.59. The predicted molar refractivity (Wildman–Crippen MR) is 89.7 cm³/mol. The number of carbonyl (C=O) groups excluding carboxylic acids is 2. The van der Waals surface area contributed by atoms with Crippen molar-refractivity contribution in [3.63, 3.8) is 0 Å². The molecule has 3 heteroatoms. The zero-order chi connectivity index (χ0) is 16.2. The van der Waals surface area contributed by atoms with E-state index >= 15 is 0 Å². The van der Waals surface area contributed by atoms with E-state index in [1.165, 1.54) is 6.08 Å². The summed E-state index contributed by atoms with van der Waals surface area (Å²) in [4.78, 5) is 27.4. The van der Waals surface area contributed by atoms with Crippen LogP contribution in [-0.2, 0) is 16.6 Å². The summed E-state index contributed by atoms with van der Waals surface area (Å²) in [6.07, 6.45) is 1.96. The highest BCUT2D eigenvalue weighted by Gasteiger charge is 2.58. The second kappa shape index (κ2) is 4.66. The van der Waals surface area contributed by atoms with Crippen LogP contribution in [0.15, 0.2) is 61.2 Å². The van der Waals surface area contributed by atoms with Gasteiger partial charge in [0.1, 0.15) is 0 Å². The molecule has 2 aromatic carbocycles. The lowest BCUT2D eigenvalue weighted by Gasteiger charge is -2.31. The molecular formula is C20H17NO2. The van der Waals surface area contributed by atoms with Gasteiger partial charge in [-0.1, -0.05) is 49.0 Å². The number of hydrogen-bond donors (Lipinski definition) is 0. The normalized spacial score (nSPS) is 24.7. The minimum absolute atomic E-state index is 0.118. The summed E-state index contributed by atoms with van der Waals surface area (Å²) in [5.74, 6) is -0.0435. The van der Waals surface area contributed by atoms with Gasteiger partial charge in [0.05, 0.1) is 11.5 Å². The fourth-order valence-corrected chi connectivity index (χ4v) is 4.19. The average Bonchev–Trinajstić information content (AvgIpc) is 3.02. The van der Waals surface area contributed by atoms with Gasteiger partial charge in [0, 0.05) is 11.3 Å². The van der Waals surface area contributed by atoms with Crippen molar-refractivity contribution in [1.29, 1.82) is 0 Å². The van der Waals surface area contributed by atoms with Gasteiger partial charge in [0.25, 0.3) is 5.91 Å². The van der Waals surface area contributed by atoms with Gasteiger partial charge < -0.3 is 4.90 Å². The van der Waals surface area contributed by atoms with E-state index in [4.69, 9.17) is 0 Å². The highest BCUT2D eigenvalue weighted by molar-refractivity contribution is 6.14. The van der Waals surface area contributed by atoms with E-state index in [-0.39, 0.29) is 17.7 Å². The van der Waals surface area contributed by atoms with Gasteiger partial charge in [-0.15, -0.1) is 0 Å². The van der Waals surface area contributed by atoms with Gasteiger partial charge in [-0.25, -0.2) is 0 Å². The molecular weight excluding hydrogens is 286 g/mol. The van der Waals surface area contributed by atoms with Gasteiger partial charge in [-0.2, -0.15) is 0 Å². The summed E-state index contributed by atoms with van der Waals surface area (Å²) in [7, 11) is 0. The van der Waals surface area contributed by atoms with Crippen LogP contribution in [0.5, 0.6) is 0 Å². The number of anilines is 1. The molecule has 2 atom stereocenters. The van der Waals surface area contributed by atoms with E-state index in [0.29, 0.717) is 6.42 Å². The molecule has 23 heavy (non-hydrogen) atoms. The number of benzene rings is 2. The minimum atomic E-state index is -0.682. The SMILES string of the molecule is C=CC(=O)N1c2ccccc2[C@@]2(Cc3ccccc3C2=O)[C@@H]1C. The van der Waals surface area contributed by atoms with E-state index in [1.54, 1.807) is 4.90 Å². The number of amides is 1. The Balaban J connectivity index is 1.96. The number of fused-ring (bicyclic) bond motifs is 3. The van der Waals surface area contributed by atoms with Crippen LogP contribution in [0.25, 0.3) is 0 Å². The minimum Gasteiger partial charge on any atom is -0.304 e. The Kier molecular flexibility index (Phi) is 2.82. The molecule has 0 saturated heterocycles. The number of Topliss-reactive ketones (excluding diaryl/α,β-unsaturated/α-hetero) is 1. The van der Waals surface area contributed by atoms with Crippen LogP contribution in [0.3, 0.4) is 0 Å². The van der Waals surface area contributed by atoms with Crippen molar-refractivity contribution >= 4 is 17.4 Å². The van der Waals surface area contributed by atoms with E-state index in [9.17, 15) is 9.59 Å². The smallest absolute Gasteiger partial charge is 0.250 e. The maximum atomic E-state index is 13.3. The molecule has 0 radical (unpaired) electrons. The Labute approximate surface area is 135 Å². The number of carbonyl (C=O) groups is 2. The molecule has 0 aromatic heterocycles. The fourth-order valence-electron chi connectivity index (χ4n) is 4.19. The van der Waals surface area contributed by atoms with Crippen molar-refractivity contribution in [2.75, 3.05) is 4.90 Å². The largest absolute Gasteiger partial charge is 0.304 e. The quantitative estimate of drug-likeness (QED) is 0.758. The Morgan fingerprint density at radius 3 is 2.65 bits per heavy atom. The second-order valence-corrected chi connectivity index (χ2v) is 6.24. The Morgan fingerprint density at radius 1 is 1.22 bits per heavy atom. The molecule has 2 aromatic rings. The topological polar surface area (TPSA) is 37.4 Å². The van der Waals surface area contributed by atoms with Crippen molar-refractivity contribution in [2.45, 2.75) is 24.8 Å².